The number of likely N-dealkylation sites (N-methyl/N-ethyl adjacent to an activating group) is 1. The average molecular weight is 476 g/mol. The number of benzene rings is 2. The fraction of sp³-hybridized carbons (Fsp3) is 0.370. The second-order valence-corrected chi connectivity index (χ2v) is 9.26. The van der Waals surface area contributed by atoms with Crippen molar-refractivity contribution in [2.45, 2.75) is 25.8 Å². The van der Waals surface area contributed by atoms with Gasteiger partial charge < -0.3 is 15.7 Å². The molecule has 3 N–H and O–H groups in total. The van der Waals surface area contributed by atoms with E-state index in [4.69, 9.17) is 5.73 Å². The van der Waals surface area contributed by atoms with E-state index in [9.17, 15) is 14.7 Å². The van der Waals surface area contributed by atoms with Crippen LogP contribution in [-0.2, 0) is 26.4 Å². The van der Waals surface area contributed by atoms with Gasteiger partial charge in [0.1, 0.15) is 5.82 Å². The van der Waals surface area contributed by atoms with E-state index in [0.29, 0.717) is 5.56 Å². The van der Waals surface area contributed by atoms with Crippen LogP contribution in [0, 0.1) is 0 Å². The van der Waals surface area contributed by atoms with Crippen molar-refractivity contribution in [3.63, 3.8) is 0 Å². The molecule has 2 heterocycles. The summed E-state index contributed by atoms with van der Waals surface area (Å²) in [6.45, 7) is 5.06. The molecule has 0 saturated carbocycles. The molecule has 8 nitrogen and oxygen atoms in total. The van der Waals surface area contributed by atoms with Crippen molar-refractivity contribution < 1.29 is 9.90 Å². The van der Waals surface area contributed by atoms with Crippen molar-refractivity contribution in [1.82, 2.24) is 19.4 Å². The molecule has 1 fully saturated rings. The van der Waals surface area contributed by atoms with E-state index in [1.165, 1.54) is 30.9 Å². The zero-order chi connectivity index (χ0) is 24.9. The third-order valence-corrected chi connectivity index (χ3v) is 6.73. The Labute approximate surface area is 205 Å². The molecule has 3 aromatic rings. The molecule has 0 radical (unpaired) electrons. The van der Waals surface area contributed by atoms with Crippen LogP contribution in [-0.4, -0.2) is 63.6 Å². The molecule has 1 aliphatic heterocycles. The van der Waals surface area contributed by atoms with Crippen LogP contribution in [0.5, 0.6) is 5.75 Å². The Balaban J connectivity index is 0.000000266. The largest absolute Gasteiger partial charge is 0.501 e. The molecule has 1 aromatic heterocycles. The Hall–Kier alpha value is -3.49. The number of fused-ring (bicyclic) bond motifs is 1. The van der Waals surface area contributed by atoms with Crippen LogP contribution in [0.25, 0.3) is 11.4 Å². The van der Waals surface area contributed by atoms with E-state index in [2.05, 4.69) is 46.1 Å². The first-order chi connectivity index (χ1) is 16.8. The Morgan fingerprint density at radius 2 is 1.57 bits per heavy atom. The average Bonchev–Trinajstić information content (AvgIpc) is 3.34. The minimum Gasteiger partial charge on any atom is -0.501 e. The molecule has 35 heavy (non-hydrogen) atoms. The molecule has 2 aliphatic rings. The predicted octanol–water partition coefficient (Wildman–Crippen LogP) is 2.17. The zero-order valence-electron chi connectivity index (χ0n) is 20.4. The quantitative estimate of drug-likeness (QED) is 0.599. The lowest BCUT2D eigenvalue weighted by Crippen LogP contribution is -2.43. The number of carbonyl (C=O) groups excluding carboxylic acids is 1. The number of amides is 1. The summed E-state index contributed by atoms with van der Waals surface area (Å²) in [6.07, 6.45) is 3.96. The normalized spacial score (nSPS) is 15.8. The monoisotopic (exact) mass is 475 g/mol. The zero-order valence-corrected chi connectivity index (χ0v) is 20.4. The molecular weight excluding hydrogens is 442 g/mol. The summed E-state index contributed by atoms with van der Waals surface area (Å²) in [5.74, 6) is -1.38. The van der Waals surface area contributed by atoms with Gasteiger partial charge in [0.15, 0.2) is 5.69 Å². The molecule has 0 atom stereocenters. The van der Waals surface area contributed by atoms with Gasteiger partial charge in [0, 0.05) is 45.3 Å². The van der Waals surface area contributed by atoms with Crippen LogP contribution >= 0.6 is 0 Å². The molecule has 2 aromatic carbocycles. The Bertz CT molecular complexity index is 1220. The number of aryl methyl sites for hydroxylation is 2. The Morgan fingerprint density at radius 1 is 0.971 bits per heavy atom. The lowest BCUT2D eigenvalue weighted by Gasteiger charge is -2.32. The number of primary amides is 1. The van der Waals surface area contributed by atoms with Gasteiger partial charge in [-0.05, 0) is 43.0 Å². The molecule has 5 rings (SSSR count). The van der Waals surface area contributed by atoms with Gasteiger partial charge in [-0.25, -0.2) is 4.98 Å². The second-order valence-electron chi connectivity index (χ2n) is 9.26. The number of carbonyl (C=O) groups is 1. The molecule has 1 saturated heterocycles. The van der Waals surface area contributed by atoms with Gasteiger partial charge in [0.2, 0.25) is 5.75 Å². The van der Waals surface area contributed by atoms with Crippen LogP contribution in [0.4, 0.5) is 0 Å². The SMILES string of the molecule is CN1CCN(Cc2ccc(-c3nc(C(N)=O)c(O)c(=O)n3C)cc2)CC1.c1ccc2c(c1)CCC2. The van der Waals surface area contributed by atoms with Crippen LogP contribution < -0.4 is 11.3 Å². The second kappa shape index (κ2) is 10.8. The third kappa shape index (κ3) is 5.78. The van der Waals surface area contributed by atoms with Gasteiger partial charge in [-0.15, -0.1) is 0 Å². The van der Waals surface area contributed by atoms with E-state index in [0.717, 1.165) is 38.3 Å². The van der Waals surface area contributed by atoms with Gasteiger partial charge in [0.25, 0.3) is 11.5 Å². The summed E-state index contributed by atoms with van der Waals surface area (Å²) >= 11 is 0. The van der Waals surface area contributed by atoms with Crippen LogP contribution in [0.3, 0.4) is 0 Å². The van der Waals surface area contributed by atoms with E-state index >= 15 is 0 Å². The van der Waals surface area contributed by atoms with Crippen LogP contribution in [0.1, 0.15) is 33.6 Å². The van der Waals surface area contributed by atoms with Gasteiger partial charge in [-0.3, -0.25) is 19.1 Å². The highest BCUT2D eigenvalue weighted by Crippen LogP contribution is 2.21. The van der Waals surface area contributed by atoms with Gasteiger partial charge in [0.05, 0.1) is 0 Å². The van der Waals surface area contributed by atoms with Crippen LogP contribution in [0.2, 0.25) is 0 Å². The van der Waals surface area contributed by atoms with Crippen molar-refractivity contribution in [2.24, 2.45) is 12.8 Å². The topological polar surface area (TPSA) is 105 Å². The standard InChI is InChI=1S/C18H23N5O3.C9H10/c1-21-7-9-23(10-8-21)11-12-3-5-13(6-4-12)17-20-14(16(19)25)15(24)18(26)22(17)2;1-2-5-9-7-3-6-8(9)4-1/h3-6,24H,7-11H2,1-2H3,(H2,19,25);1-2,4-5H,3,6-7H2. The minimum absolute atomic E-state index is 0.285. The summed E-state index contributed by atoms with van der Waals surface area (Å²) in [6, 6.07) is 16.4. The summed E-state index contributed by atoms with van der Waals surface area (Å²) in [4.78, 5) is 32.3. The maximum Gasteiger partial charge on any atom is 0.296 e. The number of nitrogens with zero attached hydrogens (tertiary/aromatic N) is 4. The summed E-state index contributed by atoms with van der Waals surface area (Å²) in [5, 5.41) is 9.76. The lowest BCUT2D eigenvalue weighted by molar-refractivity contribution is 0.0992. The van der Waals surface area contributed by atoms with Gasteiger partial charge in [-0.1, -0.05) is 48.5 Å². The Kier molecular flexibility index (Phi) is 7.63. The van der Waals surface area contributed by atoms with E-state index in [1.807, 2.05) is 24.3 Å². The maximum atomic E-state index is 12.1. The van der Waals surface area contributed by atoms with Crippen molar-refractivity contribution in [3.8, 4) is 17.1 Å². The summed E-state index contributed by atoms with van der Waals surface area (Å²) in [7, 11) is 3.62. The first-order valence-corrected chi connectivity index (χ1v) is 12.0. The summed E-state index contributed by atoms with van der Waals surface area (Å²) in [5.41, 5.74) is 9.06. The van der Waals surface area contributed by atoms with Crippen molar-refractivity contribution in [3.05, 3.63) is 81.3 Å². The molecule has 0 bridgehead atoms. The number of aromatic hydroxyl groups is 1. The van der Waals surface area contributed by atoms with Gasteiger partial charge in [-0.2, -0.15) is 0 Å². The first-order valence-electron chi connectivity index (χ1n) is 12.0. The minimum atomic E-state index is -0.937. The number of rotatable bonds is 4. The van der Waals surface area contributed by atoms with Gasteiger partial charge >= 0.3 is 0 Å². The fourth-order valence-corrected chi connectivity index (χ4v) is 4.56. The van der Waals surface area contributed by atoms with Crippen molar-refractivity contribution >= 4 is 5.91 Å². The lowest BCUT2D eigenvalue weighted by atomic mass is 10.1. The van der Waals surface area contributed by atoms with E-state index in [-0.39, 0.29) is 5.82 Å². The molecule has 0 spiro atoms. The number of hydrogen-bond acceptors (Lipinski definition) is 6. The molecule has 1 aliphatic carbocycles. The van der Waals surface area contributed by atoms with Crippen molar-refractivity contribution in [1.29, 1.82) is 0 Å². The van der Waals surface area contributed by atoms with E-state index < -0.39 is 22.9 Å². The third-order valence-electron chi connectivity index (χ3n) is 6.73. The molecule has 184 valence electrons. The molecule has 0 unspecified atom stereocenters. The highest BCUT2D eigenvalue weighted by Gasteiger charge is 2.19. The number of piperazine rings is 1. The van der Waals surface area contributed by atoms with E-state index in [1.54, 1.807) is 11.1 Å². The van der Waals surface area contributed by atoms with Crippen molar-refractivity contribution in [2.75, 3.05) is 33.2 Å². The number of hydrogen-bond donors (Lipinski definition) is 2. The highest BCUT2D eigenvalue weighted by molar-refractivity contribution is 5.93. The molecular formula is C27H33N5O3. The maximum absolute atomic E-state index is 12.1. The number of nitrogens with two attached hydrogens (primary N) is 1. The highest BCUT2D eigenvalue weighted by atomic mass is 16.3. The predicted molar refractivity (Wildman–Crippen MR) is 136 cm³/mol. The molecule has 8 heteroatoms. The Morgan fingerprint density at radius 3 is 2.14 bits per heavy atom. The fourth-order valence-electron chi connectivity index (χ4n) is 4.56. The summed E-state index contributed by atoms with van der Waals surface area (Å²) < 4.78 is 1.21. The number of aromatic nitrogens is 2. The van der Waals surface area contributed by atoms with Crippen LogP contribution in [0.15, 0.2) is 53.3 Å². The first kappa shape index (κ1) is 24.6. The smallest absolute Gasteiger partial charge is 0.296 e. The molecule has 1 amide bonds.